The van der Waals surface area contributed by atoms with Crippen LogP contribution < -0.4 is 0 Å². The predicted octanol–water partition coefficient (Wildman–Crippen LogP) is 1.63. The molecule has 0 unspecified atom stereocenters. The van der Waals surface area contributed by atoms with E-state index in [9.17, 15) is 0 Å². The molecule has 0 aromatic carbocycles. The van der Waals surface area contributed by atoms with Crippen molar-refractivity contribution in [1.29, 1.82) is 0 Å². The maximum Gasteiger partial charge on any atom is 0.109 e. The molecule has 124 valence electrons. The van der Waals surface area contributed by atoms with Crippen molar-refractivity contribution in [3.05, 3.63) is 59.4 Å². The first-order valence-corrected chi connectivity index (χ1v) is 8.31. The second-order valence-corrected chi connectivity index (χ2v) is 6.24. The fourth-order valence-electron chi connectivity index (χ4n) is 3.18. The van der Waals surface area contributed by atoms with E-state index < -0.39 is 0 Å². The van der Waals surface area contributed by atoms with Gasteiger partial charge in [-0.15, -0.1) is 5.10 Å². The van der Waals surface area contributed by atoms with Crippen LogP contribution in [0.2, 0.25) is 0 Å². The highest BCUT2D eigenvalue weighted by atomic mass is 15.4. The van der Waals surface area contributed by atoms with Gasteiger partial charge in [0.05, 0.1) is 17.9 Å². The molecule has 0 radical (unpaired) electrons. The van der Waals surface area contributed by atoms with Crippen LogP contribution in [0.25, 0.3) is 0 Å². The Kier molecular flexibility index (Phi) is 4.08. The molecule has 0 spiro atoms. The molecule has 0 saturated carbocycles. The first-order chi connectivity index (χ1) is 11.8. The maximum atomic E-state index is 4.63. The fraction of sp³-hybridized carbons (Fsp3) is 0.412. The molecule has 1 aliphatic heterocycles. The molecule has 4 heterocycles. The fourth-order valence-corrected chi connectivity index (χ4v) is 3.18. The lowest BCUT2D eigenvalue weighted by molar-refractivity contribution is 0.256. The standard InChI is InChI=1S/C17H21N7/c1-14-5-2-6-15(19-14)11-22-8-4-10-24-17(13-22)16(20-21-24)12-23-9-3-7-18-23/h2-3,5-7,9H,4,8,10-13H2,1H3. The lowest BCUT2D eigenvalue weighted by Crippen LogP contribution is -2.24. The summed E-state index contributed by atoms with van der Waals surface area (Å²) < 4.78 is 3.94. The van der Waals surface area contributed by atoms with Crippen LogP contribution >= 0.6 is 0 Å². The van der Waals surface area contributed by atoms with Gasteiger partial charge in [-0.25, -0.2) is 4.68 Å². The number of aromatic nitrogens is 6. The van der Waals surface area contributed by atoms with Gasteiger partial charge in [-0.2, -0.15) is 5.10 Å². The van der Waals surface area contributed by atoms with E-state index in [1.807, 2.05) is 34.6 Å². The lowest BCUT2D eigenvalue weighted by Gasteiger charge is -2.19. The smallest absolute Gasteiger partial charge is 0.109 e. The Morgan fingerprint density at radius 2 is 2.08 bits per heavy atom. The number of fused-ring (bicyclic) bond motifs is 1. The van der Waals surface area contributed by atoms with E-state index in [1.54, 1.807) is 6.20 Å². The van der Waals surface area contributed by atoms with Crippen molar-refractivity contribution >= 4 is 0 Å². The first kappa shape index (κ1) is 15.0. The molecule has 3 aromatic rings. The van der Waals surface area contributed by atoms with Gasteiger partial charge in [0, 0.05) is 44.3 Å². The molecule has 0 atom stereocenters. The molecule has 7 heteroatoms. The molecule has 7 nitrogen and oxygen atoms in total. The van der Waals surface area contributed by atoms with Crippen LogP contribution in [-0.4, -0.2) is 41.2 Å². The minimum absolute atomic E-state index is 0.666. The Morgan fingerprint density at radius 3 is 2.92 bits per heavy atom. The number of nitrogens with zero attached hydrogens (tertiary/aromatic N) is 7. The largest absolute Gasteiger partial charge is 0.292 e. The molecule has 3 aromatic heterocycles. The van der Waals surface area contributed by atoms with Crippen LogP contribution in [-0.2, 0) is 26.2 Å². The molecule has 0 aliphatic carbocycles. The molecular weight excluding hydrogens is 302 g/mol. The Labute approximate surface area is 140 Å². The van der Waals surface area contributed by atoms with Crippen LogP contribution in [0.3, 0.4) is 0 Å². The Morgan fingerprint density at radius 1 is 1.12 bits per heavy atom. The number of aryl methyl sites for hydroxylation is 2. The summed E-state index contributed by atoms with van der Waals surface area (Å²) in [7, 11) is 0. The van der Waals surface area contributed by atoms with Crippen LogP contribution in [0.15, 0.2) is 36.7 Å². The topological polar surface area (TPSA) is 64.7 Å². The van der Waals surface area contributed by atoms with E-state index in [0.717, 1.165) is 49.7 Å². The van der Waals surface area contributed by atoms with Crippen molar-refractivity contribution in [2.45, 2.75) is 39.5 Å². The van der Waals surface area contributed by atoms with Gasteiger partial charge in [-0.05, 0) is 31.5 Å². The van der Waals surface area contributed by atoms with Crippen molar-refractivity contribution in [2.75, 3.05) is 6.54 Å². The van der Waals surface area contributed by atoms with Gasteiger partial charge >= 0.3 is 0 Å². The number of rotatable bonds is 4. The summed E-state index contributed by atoms with van der Waals surface area (Å²) in [5.74, 6) is 0. The zero-order valence-electron chi connectivity index (χ0n) is 13.8. The maximum absolute atomic E-state index is 4.63. The van der Waals surface area contributed by atoms with Crippen LogP contribution in [0, 0.1) is 6.92 Å². The van der Waals surface area contributed by atoms with Crippen molar-refractivity contribution in [2.24, 2.45) is 0 Å². The predicted molar refractivity (Wildman–Crippen MR) is 89.1 cm³/mol. The van der Waals surface area contributed by atoms with Crippen molar-refractivity contribution < 1.29 is 0 Å². The minimum atomic E-state index is 0.666. The number of hydrogen-bond donors (Lipinski definition) is 0. The van der Waals surface area contributed by atoms with E-state index in [2.05, 4.69) is 37.4 Å². The molecule has 0 fully saturated rings. The Balaban J connectivity index is 1.54. The molecule has 0 N–H and O–H groups in total. The lowest BCUT2D eigenvalue weighted by atomic mass is 10.2. The molecule has 4 rings (SSSR count). The highest BCUT2D eigenvalue weighted by Gasteiger charge is 2.20. The third kappa shape index (κ3) is 3.21. The van der Waals surface area contributed by atoms with Gasteiger partial charge in [-0.3, -0.25) is 14.6 Å². The molecule has 1 aliphatic rings. The third-order valence-corrected chi connectivity index (χ3v) is 4.34. The quantitative estimate of drug-likeness (QED) is 0.730. The summed E-state index contributed by atoms with van der Waals surface area (Å²) in [6.45, 7) is 6.36. The Bertz CT molecular complexity index is 806. The minimum Gasteiger partial charge on any atom is -0.292 e. The van der Waals surface area contributed by atoms with E-state index in [-0.39, 0.29) is 0 Å². The average molecular weight is 323 g/mol. The summed E-state index contributed by atoms with van der Waals surface area (Å²) in [5.41, 5.74) is 4.37. The highest BCUT2D eigenvalue weighted by molar-refractivity contribution is 5.13. The van der Waals surface area contributed by atoms with Crippen molar-refractivity contribution in [3.63, 3.8) is 0 Å². The van der Waals surface area contributed by atoms with Gasteiger partial charge < -0.3 is 0 Å². The summed E-state index contributed by atoms with van der Waals surface area (Å²) in [6.07, 6.45) is 4.82. The summed E-state index contributed by atoms with van der Waals surface area (Å²) in [6, 6.07) is 8.13. The molecule has 0 bridgehead atoms. The summed E-state index contributed by atoms with van der Waals surface area (Å²) >= 11 is 0. The second kappa shape index (κ2) is 6.52. The normalized spacial score (nSPS) is 15.2. The van der Waals surface area contributed by atoms with Crippen LogP contribution in [0.5, 0.6) is 0 Å². The van der Waals surface area contributed by atoms with Crippen molar-refractivity contribution in [3.8, 4) is 0 Å². The summed E-state index contributed by atoms with van der Waals surface area (Å²) in [4.78, 5) is 7.06. The number of pyridine rings is 1. The zero-order valence-corrected chi connectivity index (χ0v) is 13.8. The molecule has 0 amide bonds. The van der Waals surface area contributed by atoms with E-state index in [0.29, 0.717) is 6.54 Å². The van der Waals surface area contributed by atoms with Gasteiger partial charge in [0.25, 0.3) is 0 Å². The van der Waals surface area contributed by atoms with Gasteiger partial charge in [0.1, 0.15) is 5.69 Å². The average Bonchev–Trinajstić information content (AvgIpc) is 3.15. The highest BCUT2D eigenvalue weighted by Crippen LogP contribution is 2.17. The monoisotopic (exact) mass is 323 g/mol. The molecule has 0 saturated heterocycles. The molecule has 24 heavy (non-hydrogen) atoms. The Hall–Kier alpha value is -2.54. The van der Waals surface area contributed by atoms with E-state index in [1.165, 1.54) is 5.69 Å². The molecular formula is C17H21N7. The van der Waals surface area contributed by atoms with Gasteiger partial charge in [0.15, 0.2) is 0 Å². The van der Waals surface area contributed by atoms with Gasteiger partial charge in [-0.1, -0.05) is 11.3 Å². The SMILES string of the molecule is Cc1cccc(CN2CCCn3nnc(Cn4cccn4)c3C2)n1. The number of hydrogen-bond acceptors (Lipinski definition) is 5. The van der Waals surface area contributed by atoms with Crippen molar-refractivity contribution in [1.82, 2.24) is 34.7 Å². The van der Waals surface area contributed by atoms with E-state index >= 15 is 0 Å². The summed E-state index contributed by atoms with van der Waals surface area (Å²) in [5, 5.41) is 13.0. The van der Waals surface area contributed by atoms with E-state index in [4.69, 9.17) is 0 Å². The first-order valence-electron chi connectivity index (χ1n) is 8.31. The van der Waals surface area contributed by atoms with Crippen LogP contribution in [0.1, 0.15) is 29.2 Å². The zero-order chi connectivity index (χ0) is 16.4. The van der Waals surface area contributed by atoms with Gasteiger partial charge in [0.2, 0.25) is 0 Å². The second-order valence-electron chi connectivity index (χ2n) is 6.24. The third-order valence-electron chi connectivity index (χ3n) is 4.34. The van der Waals surface area contributed by atoms with Crippen LogP contribution in [0.4, 0.5) is 0 Å².